The summed E-state index contributed by atoms with van der Waals surface area (Å²) in [7, 11) is 0. The zero-order chi connectivity index (χ0) is 8.10. The predicted molar refractivity (Wildman–Crippen MR) is 36.6 cm³/mol. The second kappa shape index (κ2) is 4.02. The van der Waals surface area contributed by atoms with Gasteiger partial charge in [0.2, 0.25) is 0 Å². The normalized spacial score (nSPS) is 13.3. The molecule has 0 fully saturated rings. The molecule has 1 aromatic heterocycles. The molecule has 0 aliphatic carbocycles. The van der Waals surface area contributed by atoms with Crippen molar-refractivity contribution in [2.24, 2.45) is 0 Å². The van der Waals surface area contributed by atoms with Crippen LogP contribution in [0.25, 0.3) is 0 Å². The van der Waals surface area contributed by atoms with Gasteiger partial charge in [-0.1, -0.05) is 0 Å². The highest BCUT2D eigenvalue weighted by atomic mass is 19.1. The molecule has 5 heteroatoms. The fourth-order valence-corrected chi connectivity index (χ4v) is 0.706. The fraction of sp³-hybridized carbons (Fsp3) is 0.667. The van der Waals surface area contributed by atoms with Gasteiger partial charge in [0.05, 0.1) is 25.5 Å². The Labute approximate surface area is 63.6 Å². The number of halogens is 1. The van der Waals surface area contributed by atoms with E-state index in [1.165, 1.54) is 17.2 Å². The van der Waals surface area contributed by atoms with Crippen LogP contribution in [0.1, 0.15) is 6.42 Å². The number of nitrogens with zero attached hydrogens (tertiary/aromatic N) is 3. The third-order valence-corrected chi connectivity index (χ3v) is 1.31. The lowest BCUT2D eigenvalue weighted by molar-refractivity contribution is 0.162. The standard InChI is InChI=1S/C6H10FN3O/c7-6(5-11)1-4-10-8-2-3-9-10/h2-3,6,11H,1,4-5H2/t6-/m0/s1. The molecule has 0 saturated heterocycles. The smallest absolute Gasteiger partial charge is 0.125 e. The van der Waals surface area contributed by atoms with Crippen LogP contribution in [0, 0.1) is 0 Å². The minimum Gasteiger partial charge on any atom is -0.393 e. The monoisotopic (exact) mass is 159 g/mol. The Morgan fingerprint density at radius 3 is 2.64 bits per heavy atom. The van der Waals surface area contributed by atoms with Crippen LogP contribution < -0.4 is 0 Å². The summed E-state index contributed by atoms with van der Waals surface area (Å²) in [4.78, 5) is 1.39. The maximum atomic E-state index is 12.4. The van der Waals surface area contributed by atoms with Crippen molar-refractivity contribution in [3.63, 3.8) is 0 Å². The van der Waals surface area contributed by atoms with Crippen molar-refractivity contribution < 1.29 is 9.50 Å². The number of aryl methyl sites for hydroxylation is 1. The summed E-state index contributed by atoms with van der Waals surface area (Å²) in [6.45, 7) is -0.0179. The van der Waals surface area contributed by atoms with Crippen LogP contribution >= 0.6 is 0 Å². The molecular formula is C6H10FN3O. The zero-order valence-corrected chi connectivity index (χ0v) is 6.02. The van der Waals surface area contributed by atoms with E-state index in [0.29, 0.717) is 6.54 Å². The van der Waals surface area contributed by atoms with Crippen molar-refractivity contribution in [1.82, 2.24) is 15.0 Å². The first-order chi connectivity index (χ1) is 5.33. The van der Waals surface area contributed by atoms with E-state index in [1.807, 2.05) is 0 Å². The van der Waals surface area contributed by atoms with Gasteiger partial charge in [0.25, 0.3) is 0 Å². The molecule has 11 heavy (non-hydrogen) atoms. The molecule has 0 aliphatic heterocycles. The fourth-order valence-electron chi connectivity index (χ4n) is 0.706. The second-order valence-electron chi connectivity index (χ2n) is 2.19. The van der Waals surface area contributed by atoms with Crippen LogP contribution in [0.5, 0.6) is 0 Å². The third kappa shape index (κ3) is 2.63. The van der Waals surface area contributed by atoms with E-state index >= 15 is 0 Å². The molecule has 0 amide bonds. The van der Waals surface area contributed by atoms with Crippen molar-refractivity contribution in [2.45, 2.75) is 19.1 Å². The SMILES string of the molecule is OC[C@@H](F)CCn1nccn1. The molecule has 1 rings (SSSR count). The van der Waals surface area contributed by atoms with E-state index in [-0.39, 0.29) is 6.42 Å². The van der Waals surface area contributed by atoms with E-state index < -0.39 is 12.8 Å². The van der Waals surface area contributed by atoms with Gasteiger partial charge in [-0.15, -0.1) is 0 Å². The number of alkyl halides is 1. The Hall–Kier alpha value is -0.970. The van der Waals surface area contributed by atoms with Crippen molar-refractivity contribution >= 4 is 0 Å². The summed E-state index contributed by atoms with van der Waals surface area (Å²) in [5, 5.41) is 15.9. The second-order valence-corrected chi connectivity index (χ2v) is 2.19. The Morgan fingerprint density at radius 2 is 2.09 bits per heavy atom. The molecule has 1 atom stereocenters. The quantitative estimate of drug-likeness (QED) is 0.672. The van der Waals surface area contributed by atoms with E-state index in [0.717, 1.165) is 0 Å². The first kappa shape index (κ1) is 8.13. The molecule has 62 valence electrons. The molecule has 0 unspecified atom stereocenters. The van der Waals surface area contributed by atoms with Crippen LogP contribution in [0.15, 0.2) is 12.4 Å². The zero-order valence-electron chi connectivity index (χ0n) is 6.02. The van der Waals surface area contributed by atoms with Crippen LogP contribution in [-0.4, -0.2) is 32.9 Å². The lowest BCUT2D eigenvalue weighted by atomic mass is 10.3. The maximum Gasteiger partial charge on any atom is 0.125 e. The predicted octanol–water partition coefficient (Wildman–Crippen LogP) is -0.00140. The molecule has 0 aliphatic rings. The molecular weight excluding hydrogens is 149 g/mol. The molecule has 0 spiro atoms. The number of aliphatic hydroxyl groups is 1. The average molecular weight is 159 g/mol. The van der Waals surface area contributed by atoms with E-state index in [4.69, 9.17) is 5.11 Å². The summed E-state index contributed by atoms with van der Waals surface area (Å²) in [5.74, 6) is 0. The molecule has 1 aromatic rings. The summed E-state index contributed by atoms with van der Waals surface area (Å²) < 4.78 is 12.4. The van der Waals surface area contributed by atoms with Gasteiger partial charge < -0.3 is 5.11 Å². The van der Waals surface area contributed by atoms with Crippen molar-refractivity contribution in [3.8, 4) is 0 Å². The maximum absolute atomic E-state index is 12.4. The molecule has 0 radical (unpaired) electrons. The van der Waals surface area contributed by atoms with Crippen LogP contribution in [0.3, 0.4) is 0 Å². The molecule has 1 N–H and O–H groups in total. The highest BCUT2D eigenvalue weighted by Crippen LogP contribution is 1.97. The van der Waals surface area contributed by atoms with Gasteiger partial charge in [0.1, 0.15) is 6.17 Å². The van der Waals surface area contributed by atoms with Gasteiger partial charge in [-0.3, -0.25) is 0 Å². The number of aliphatic hydroxyl groups excluding tert-OH is 1. The van der Waals surface area contributed by atoms with Gasteiger partial charge in [-0.2, -0.15) is 15.0 Å². The summed E-state index contributed by atoms with van der Waals surface area (Å²) >= 11 is 0. The van der Waals surface area contributed by atoms with Crippen molar-refractivity contribution in [2.75, 3.05) is 6.61 Å². The Kier molecular flexibility index (Phi) is 2.97. The summed E-state index contributed by atoms with van der Waals surface area (Å²) in [6.07, 6.45) is 2.16. The summed E-state index contributed by atoms with van der Waals surface area (Å²) in [6, 6.07) is 0. The van der Waals surface area contributed by atoms with Gasteiger partial charge >= 0.3 is 0 Å². The van der Waals surface area contributed by atoms with E-state index in [1.54, 1.807) is 0 Å². The van der Waals surface area contributed by atoms with Gasteiger partial charge in [0.15, 0.2) is 0 Å². The Bertz CT molecular complexity index is 190. The van der Waals surface area contributed by atoms with Crippen molar-refractivity contribution in [1.29, 1.82) is 0 Å². The largest absolute Gasteiger partial charge is 0.393 e. The number of aromatic nitrogens is 3. The lowest BCUT2D eigenvalue weighted by Gasteiger charge is -2.02. The molecule has 1 heterocycles. The topological polar surface area (TPSA) is 50.9 Å². The first-order valence-electron chi connectivity index (χ1n) is 3.42. The molecule has 0 bridgehead atoms. The highest BCUT2D eigenvalue weighted by Gasteiger charge is 2.03. The third-order valence-electron chi connectivity index (χ3n) is 1.31. The number of hydrogen-bond donors (Lipinski definition) is 1. The minimum atomic E-state index is -1.17. The Morgan fingerprint density at radius 1 is 1.45 bits per heavy atom. The van der Waals surface area contributed by atoms with Gasteiger partial charge in [-0.25, -0.2) is 4.39 Å². The number of rotatable bonds is 4. The highest BCUT2D eigenvalue weighted by molar-refractivity contribution is 4.61. The van der Waals surface area contributed by atoms with Gasteiger partial charge in [-0.05, 0) is 0 Å². The van der Waals surface area contributed by atoms with Gasteiger partial charge in [0, 0.05) is 6.42 Å². The Balaban J connectivity index is 2.23. The van der Waals surface area contributed by atoms with E-state index in [9.17, 15) is 4.39 Å². The molecule has 4 nitrogen and oxygen atoms in total. The van der Waals surface area contributed by atoms with Crippen LogP contribution in [0.2, 0.25) is 0 Å². The summed E-state index contributed by atoms with van der Waals surface area (Å²) in [5.41, 5.74) is 0. The average Bonchev–Trinajstić information content (AvgIpc) is 2.52. The van der Waals surface area contributed by atoms with Crippen molar-refractivity contribution in [3.05, 3.63) is 12.4 Å². The number of hydrogen-bond acceptors (Lipinski definition) is 3. The van der Waals surface area contributed by atoms with Crippen LogP contribution in [-0.2, 0) is 6.54 Å². The van der Waals surface area contributed by atoms with Crippen LogP contribution in [0.4, 0.5) is 4.39 Å². The molecule has 0 saturated carbocycles. The first-order valence-corrected chi connectivity index (χ1v) is 3.42. The van der Waals surface area contributed by atoms with E-state index in [2.05, 4.69) is 10.2 Å². The lowest BCUT2D eigenvalue weighted by Crippen LogP contribution is -2.12. The minimum absolute atomic E-state index is 0.255. The molecule has 0 aromatic carbocycles.